The molecule has 2 nitrogen and oxygen atoms in total. The summed E-state index contributed by atoms with van der Waals surface area (Å²) in [6.07, 6.45) is 2.11. The average Bonchev–Trinajstić information content (AvgIpc) is 2.53. The molecular weight excluding hydrogens is 265 g/mol. The summed E-state index contributed by atoms with van der Waals surface area (Å²) >= 11 is 0. The zero-order chi connectivity index (χ0) is 15.2. The van der Waals surface area contributed by atoms with Crippen LogP contribution in [0.4, 0.5) is 4.39 Å². The number of halogens is 1. The standard InChI is InChI=1S/C18H22FNO/c1-13(20-2)4-5-14-6-8-15(9-7-14)17-11-10-16(21-3)12-18(17)19/h6-13,20H,4-5H2,1-3H3. The lowest BCUT2D eigenvalue weighted by Crippen LogP contribution is -2.21. The molecule has 0 aliphatic rings. The van der Waals surface area contributed by atoms with Crippen molar-refractivity contribution < 1.29 is 9.13 Å². The Bertz CT molecular complexity index is 580. The molecule has 21 heavy (non-hydrogen) atoms. The largest absolute Gasteiger partial charge is 0.497 e. The smallest absolute Gasteiger partial charge is 0.134 e. The highest BCUT2D eigenvalue weighted by Gasteiger charge is 2.07. The van der Waals surface area contributed by atoms with Crippen molar-refractivity contribution in [3.63, 3.8) is 0 Å². The van der Waals surface area contributed by atoms with Gasteiger partial charge in [-0.3, -0.25) is 0 Å². The van der Waals surface area contributed by atoms with Crippen molar-refractivity contribution in [2.45, 2.75) is 25.8 Å². The molecule has 0 saturated carbocycles. The van der Waals surface area contributed by atoms with Crippen LogP contribution in [0.3, 0.4) is 0 Å². The molecule has 2 aromatic carbocycles. The van der Waals surface area contributed by atoms with Gasteiger partial charge in [0.05, 0.1) is 7.11 Å². The molecule has 0 heterocycles. The van der Waals surface area contributed by atoms with Gasteiger partial charge in [0.2, 0.25) is 0 Å². The summed E-state index contributed by atoms with van der Waals surface area (Å²) in [5.74, 6) is 0.278. The van der Waals surface area contributed by atoms with Crippen molar-refractivity contribution in [2.24, 2.45) is 0 Å². The molecule has 3 heteroatoms. The van der Waals surface area contributed by atoms with Crippen molar-refractivity contribution in [1.29, 1.82) is 0 Å². The molecule has 2 rings (SSSR count). The van der Waals surface area contributed by atoms with Crippen molar-refractivity contribution in [3.8, 4) is 16.9 Å². The summed E-state index contributed by atoms with van der Waals surface area (Å²) in [6.45, 7) is 2.17. The molecule has 0 bridgehead atoms. The minimum absolute atomic E-state index is 0.258. The summed E-state index contributed by atoms with van der Waals surface area (Å²) in [6, 6.07) is 13.5. The van der Waals surface area contributed by atoms with E-state index in [2.05, 4.69) is 24.4 Å². The monoisotopic (exact) mass is 287 g/mol. The van der Waals surface area contributed by atoms with Gasteiger partial charge < -0.3 is 10.1 Å². The Balaban J connectivity index is 2.11. The summed E-state index contributed by atoms with van der Waals surface area (Å²) in [7, 11) is 3.51. The molecule has 1 atom stereocenters. The minimum Gasteiger partial charge on any atom is -0.497 e. The molecule has 0 fully saturated rings. The van der Waals surface area contributed by atoms with E-state index in [4.69, 9.17) is 4.74 Å². The van der Waals surface area contributed by atoms with Crippen molar-refractivity contribution in [2.75, 3.05) is 14.2 Å². The summed E-state index contributed by atoms with van der Waals surface area (Å²) < 4.78 is 19.1. The first-order valence-corrected chi connectivity index (χ1v) is 7.24. The van der Waals surface area contributed by atoms with Crippen molar-refractivity contribution in [3.05, 3.63) is 53.8 Å². The van der Waals surface area contributed by atoms with Gasteiger partial charge in [-0.2, -0.15) is 0 Å². The van der Waals surface area contributed by atoms with Gasteiger partial charge in [0.1, 0.15) is 11.6 Å². The van der Waals surface area contributed by atoms with E-state index in [-0.39, 0.29) is 5.82 Å². The molecule has 0 aliphatic carbocycles. The Morgan fingerprint density at radius 1 is 1.14 bits per heavy atom. The molecular formula is C18H22FNO. The molecule has 0 radical (unpaired) electrons. The lowest BCUT2D eigenvalue weighted by Gasteiger charge is -2.10. The number of rotatable bonds is 6. The lowest BCUT2D eigenvalue weighted by molar-refractivity contribution is 0.411. The third-order valence-electron chi connectivity index (χ3n) is 3.80. The van der Waals surface area contributed by atoms with E-state index in [1.807, 2.05) is 19.2 Å². The number of nitrogens with one attached hydrogen (secondary N) is 1. The quantitative estimate of drug-likeness (QED) is 0.865. The van der Waals surface area contributed by atoms with Gasteiger partial charge in [-0.1, -0.05) is 24.3 Å². The fourth-order valence-corrected chi connectivity index (χ4v) is 2.24. The zero-order valence-corrected chi connectivity index (χ0v) is 12.8. The van der Waals surface area contributed by atoms with E-state index in [1.54, 1.807) is 12.1 Å². The van der Waals surface area contributed by atoms with Gasteiger partial charge in [0, 0.05) is 17.7 Å². The van der Waals surface area contributed by atoms with Crippen LogP contribution in [-0.2, 0) is 6.42 Å². The van der Waals surface area contributed by atoms with Gasteiger partial charge in [0.25, 0.3) is 0 Å². The fourth-order valence-electron chi connectivity index (χ4n) is 2.24. The highest BCUT2D eigenvalue weighted by Crippen LogP contribution is 2.26. The van der Waals surface area contributed by atoms with Gasteiger partial charge >= 0.3 is 0 Å². The van der Waals surface area contributed by atoms with E-state index in [1.165, 1.54) is 18.7 Å². The first kappa shape index (κ1) is 15.5. The maximum Gasteiger partial charge on any atom is 0.134 e. The third kappa shape index (κ3) is 4.05. The number of ether oxygens (including phenoxy) is 1. The molecule has 2 aromatic rings. The van der Waals surface area contributed by atoms with E-state index in [0.717, 1.165) is 18.4 Å². The predicted octanol–water partition coefficient (Wildman–Crippen LogP) is 4.04. The van der Waals surface area contributed by atoms with E-state index in [0.29, 0.717) is 17.4 Å². The molecule has 1 unspecified atom stereocenters. The molecule has 0 aromatic heterocycles. The van der Waals surface area contributed by atoms with Gasteiger partial charge in [0.15, 0.2) is 0 Å². The summed E-state index contributed by atoms with van der Waals surface area (Å²) in [5.41, 5.74) is 2.77. The van der Waals surface area contributed by atoms with Crippen LogP contribution in [0.1, 0.15) is 18.9 Å². The average molecular weight is 287 g/mol. The second-order valence-electron chi connectivity index (χ2n) is 5.27. The lowest BCUT2D eigenvalue weighted by atomic mass is 10.0. The maximum atomic E-state index is 14.0. The summed E-state index contributed by atoms with van der Waals surface area (Å²) in [4.78, 5) is 0. The van der Waals surface area contributed by atoms with Crippen LogP contribution in [0.25, 0.3) is 11.1 Å². The second-order valence-corrected chi connectivity index (χ2v) is 5.27. The third-order valence-corrected chi connectivity index (χ3v) is 3.80. The number of hydrogen-bond acceptors (Lipinski definition) is 2. The number of aryl methyl sites for hydroxylation is 1. The SMILES string of the molecule is CNC(C)CCc1ccc(-c2ccc(OC)cc2F)cc1. The van der Waals surface area contributed by atoms with Crippen LogP contribution < -0.4 is 10.1 Å². The molecule has 112 valence electrons. The highest BCUT2D eigenvalue weighted by molar-refractivity contribution is 5.65. The number of benzene rings is 2. The van der Waals surface area contributed by atoms with Gasteiger partial charge in [-0.25, -0.2) is 4.39 Å². The van der Waals surface area contributed by atoms with E-state index >= 15 is 0 Å². The first-order valence-electron chi connectivity index (χ1n) is 7.24. The van der Waals surface area contributed by atoms with Crippen molar-refractivity contribution >= 4 is 0 Å². The molecule has 0 aliphatic heterocycles. The normalized spacial score (nSPS) is 12.2. The minimum atomic E-state index is -0.258. The fraction of sp³-hybridized carbons (Fsp3) is 0.333. The topological polar surface area (TPSA) is 21.3 Å². The van der Waals surface area contributed by atoms with Crippen LogP contribution in [0.2, 0.25) is 0 Å². The van der Waals surface area contributed by atoms with Crippen LogP contribution in [-0.4, -0.2) is 20.2 Å². The first-order chi connectivity index (χ1) is 10.1. The second kappa shape index (κ2) is 7.23. The van der Waals surface area contributed by atoms with Gasteiger partial charge in [-0.15, -0.1) is 0 Å². The number of hydrogen-bond donors (Lipinski definition) is 1. The van der Waals surface area contributed by atoms with E-state index in [9.17, 15) is 4.39 Å². The van der Waals surface area contributed by atoms with Crippen LogP contribution in [0.5, 0.6) is 5.75 Å². The molecule has 0 saturated heterocycles. The Morgan fingerprint density at radius 3 is 2.43 bits per heavy atom. The Labute approximate surface area is 126 Å². The van der Waals surface area contributed by atoms with Crippen LogP contribution in [0, 0.1) is 5.82 Å². The van der Waals surface area contributed by atoms with Crippen LogP contribution >= 0.6 is 0 Å². The van der Waals surface area contributed by atoms with E-state index < -0.39 is 0 Å². The Morgan fingerprint density at radius 2 is 1.86 bits per heavy atom. The maximum absolute atomic E-state index is 14.0. The molecule has 0 amide bonds. The molecule has 0 spiro atoms. The highest BCUT2D eigenvalue weighted by atomic mass is 19.1. The van der Waals surface area contributed by atoms with Gasteiger partial charge in [-0.05, 0) is 50.1 Å². The number of methoxy groups -OCH3 is 1. The Hall–Kier alpha value is -1.87. The molecule has 1 N–H and O–H groups in total. The van der Waals surface area contributed by atoms with Crippen molar-refractivity contribution in [1.82, 2.24) is 5.32 Å². The Kier molecular flexibility index (Phi) is 5.34. The summed E-state index contributed by atoms with van der Waals surface area (Å²) in [5, 5.41) is 3.23. The predicted molar refractivity (Wildman–Crippen MR) is 85.2 cm³/mol. The zero-order valence-electron chi connectivity index (χ0n) is 12.8. The van der Waals surface area contributed by atoms with Crippen LogP contribution in [0.15, 0.2) is 42.5 Å².